The fraction of sp³-hybridized carbons (Fsp3) is 0.719. The molecule has 234 valence electrons. The predicted octanol–water partition coefficient (Wildman–Crippen LogP) is 6.06. The van der Waals surface area contributed by atoms with Crippen LogP contribution in [0.25, 0.3) is 0 Å². The zero-order chi connectivity index (χ0) is 30.3. The number of likely N-dealkylation sites (tertiary alicyclic amines) is 2. The van der Waals surface area contributed by atoms with Crippen LogP contribution in [-0.4, -0.2) is 76.1 Å². The molecule has 0 unspecified atom stereocenters. The van der Waals surface area contributed by atoms with Gasteiger partial charge in [-0.25, -0.2) is 13.6 Å². The van der Waals surface area contributed by atoms with Gasteiger partial charge in [-0.15, -0.1) is 0 Å². The van der Waals surface area contributed by atoms with Crippen molar-refractivity contribution in [1.29, 1.82) is 0 Å². The van der Waals surface area contributed by atoms with Crippen LogP contribution in [0.15, 0.2) is 30.3 Å². The lowest BCUT2D eigenvalue weighted by molar-refractivity contribution is -0.126. The van der Waals surface area contributed by atoms with E-state index in [0.717, 1.165) is 43.8 Å². The number of carbonyl (C=O) groups excluding carboxylic acids is 2. The van der Waals surface area contributed by atoms with Gasteiger partial charge in [-0.05, 0) is 57.9 Å². The highest BCUT2D eigenvalue weighted by molar-refractivity contribution is 7.80. The lowest BCUT2D eigenvalue weighted by Gasteiger charge is -2.35. The number of ether oxygens (including phenoxy) is 1. The Balaban J connectivity index is 1.38. The quantitative estimate of drug-likeness (QED) is 0.333. The summed E-state index contributed by atoms with van der Waals surface area (Å²) in [6.45, 7) is 6.98. The Labute approximate surface area is 255 Å². The van der Waals surface area contributed by atoms with Crippen LogP contribution in [-0.2, 0) is 16.1 Å². The van der Waals surface area contributed by atoms with Crippen molar-refractivity contribution in [2.75, 3.05) is 19.6 Å². The highest BCUT2D eigenvalue weighted by Crippen LogP contribution is 2.34. The number of halogens is 2. The number of amides is 2. The summed E-state index contributed by atoms with van der Waals surface area (Å²) in [6, 6.07) is 8.83. The van der Waals surface area contributed by atoms with Crippen molar-refractivity contribution in [3.05, 3.63) is 35.9 Å². The molecule has 1 aromatic rings. The van der Waals surface area contributed by atoms with E-state index in [1.807, 2.05) is 6.07 Å². The number of thiocarbonyl (C=S) groups is 1. The SMILES string of the molecule is CC(C)(C)OC(=O)N1CC(F)(F)C[C@H]1C(=O)N[C@H](CCC1CCCCC1)C(=S)NC1CCN(Cc2ccccc2)CC1. The van der Waals surface area contributed by atoms with Gasteiger partial charge in [-0.1, -0.05) is 74.7 Å². The fourth-order valence-electron chi connectivity index (χ4n) is 6.36. The van der Waals surface area contributed by atoms with E-state index < -0.39 is 48.6 Å². The summed E-state index contributed by atoms with van der Waals surface area (Å²) in [5.41, 5.74) is 0.434. The summed E-state index contributed by atoms with van der Waals surface area (Å²) in [7, 11) is 0. The Kier molecular flexibility index (Phi) is 11.2. The molecule has 2 aliphatic heterocycles. The van der Waals surface area contributed by atoms with E-state index in [1.165, 1.54) is 37.7 Å². The van der Waals surface area contributed by atoms with Crippen molar-refractivity contribution >= 4 is 29.2 Å². The minimum Gasteiger partial charge on any atom is -0.444 e. The highest BCUT2D eigenvalue weighted by Gasteiger charge is 2.51. The first-order chi connectivity index (χ1) is 19.9. The van der Waals surface area contributed by atoms with Crippen molar-refractivity contribution in [1.82, 2.24) is 20.4 Å². The van der Waals surface area contributed by atoms with Gasteiger partial charge in [-0.3, -0.25) is 14.6 Å². The topological polar surface area (TPSA) is 73.9 Å². The molecule has 7 nitrogen and oxygen atoms in total. The van der Waals surface area contributed by atoms with Gasteiger partial charge in [-0.2, -0.15) is 0 Å². The maximum atomic E-state index is 14.5. The number of benzene rings is 1. The number of piperidine rings is 1. The van der Waals surface area contributed by atoms with Crippen molar-refractivity contribution in [2.24, 2.45) is 5.92 Å². The van der Waals surface area contributed by atoms with Crippen molar-refractivity contribution < 1.29 is 23.1 Å². The van der Waals surface area contributed by atoms with Gasteiger partial charge in [0.2, 0.25) is 5.91 Å². The second kappa shape index (κ2) is 14.4. The van der Waals surface area contributed by atoms with E-state index in [0.29, 0.717) is 17.3 Å². The standard InChI is InChI=1S/C32H48F2N4O3S/c1-31(2,3)41-30(40)38-22-32(33,34)20-27(38)28(39)36-26(15-14-23-10-6-4-7-11-23)29(42)35-25-16-18-37(19-17-25)21-24-12-8-5-9-13-24/h5,8-9,12-13,23,25-27H,4,6-7,10-11,14-22H2,1-3H3,(H,35,42)(H,36,39)/t26-,27+/m1/s1. The summed E-state index contributed by atoms with van der Waals surface area (Å²) in [6.07, 6.45) is 7.81. The van der Waals surface area contributed by atoms with Crippen LogP contribution in [0.3, 0.4) is 0 Å². The predicted molar refractivity (Wildman–Crippen MR) is 165 cm³/mol. The largest absolute Gasteiger partial charge is 0.444 e. The van der Waals surface area contributed by atoms with Crippen LogP contribution < -0.4 is 10.6 Å². The fourth-order valence-corrected chi connectivity index (χ4v) is 6.70. The number of nitrogens with one attached hydrogen (secondary N) is 2. The lowest BCUT2D eigenvalue weighted by Crippen LogP contribution is -2.55. The van der Waals surface area contributed by atoms with E-state index in [-0.39, 0.29) is 6.04 Å². The Morgan fingerprint density at radius 1 is 1.07 bits per heavy atom. The van der Waals surface area contributed by atoms with Gasteiger partial charge in [0.1, 0.15) is 11.6 Å². The Bertz CT molecular complexity index is 1050. The van der Waals surface area contributed by atoms with E-state index in [4.69, 9.17) is 17.0 Å². The molecule has 0 bridgehead atoms. The molecule has 1 aliphatic carbocycles. The molecular weight excluding hydrogens is 558 g/mol. The van der Waals surface area contributed by atoms with Gasteiger partial charge in [0.05, 0.1) is 17.6 Å². The third-order valence-electron chi connectivity index (χ3n) is 8.60. The average Bonchev–Trinajstić information content (AvgIpc) is 3.28. The third-order valence-corrected chi connectivity index (χ3v) is 9.01. The first-order valence-electron chi connectivity index (χ1n) is 15.6. The molecule has 2 saturated heterocycles. The molecule has 42 heavy (non-hydrogen) atoms. The van der Waals surface area contributed by atoms with Gasteiger partial charge < -0.3 is 15.4 Å². The summed E-state index contributed by atoms with van der Waals surface area (Å²) in [4.78, 5) is 30.1. The zero-order valence-corrected chi connectivity index (χ0v) is 26.2. The van der Waals surface area contributed by atoms with Gasteiger partial charge >= 0.3 is 6.09 Å². The molecular formula is C32H48F2N4O3S. The monoisotopic (exact) mass is 606 g/mol. The minimum absolute atomic E-state index is 0.188. The zero-order valence-electron chi connectivity index (χ0n) is 25.4. The molecule has 2 amide bonds. The maximum absolute atomic E-state index is 14.5. The van der Waals surface area contributed by atoms with Crippen LogP contribution in [0.4, 0.5) is 13.6 Å². The normalized spacial score (nSPS) is 22.9. The van der Waals surface area contributed by atoms with Gasteiger partial charge in [0.25, 0.3) is 5.92 Å². The van der Waals surface area contributed by atoms with Crippen LogP contribution >= 0.6 is 12.2 Å². The summed E-state index contributed by atoms with van der Waals surface area (Å²) >= 11 is 5.86. The molecule has 0 aromatic heterocycles. The van der Waals surface area contributed by atoms with Gasteiger partial charge in [0, 0.05) is 32.1 Å². The average molecular weight is 607 g/mol. The highest BCUT2D eigenvalue weighted by atomic mass is 32.1. The molecule has 1 aromatic carbocycles. The first kappa shape index (κ1) is 32.6. The lowest BCUT2D eigenvalue weighted by atomic mass is 9.85. The molecule has 3 aliphatic rings. The Morgan fingerprint density at radius 3 is 2.38 bits per heavy atom. The minimum atomic E-state index is -3.16. The first-order valence-corrected chi connectivity index (χ1v) is 16.0. The van der Waals surface area contributed by atoms with E-state index >= 15 is 0 Å². The van der Waals surface area contributed by atoms with E-state index in [1.54, 1.807) is 20.8 Å². The summed E-state index contributed by atoms with van der Waals surface area (Å²) < 4.78 is 34.3. The molecule has 2 atom stereocenters. The second-order valence-corrected chi connectivity index (χ2v) is 13.8. The third kappa shape index (κ3) is 9.86. The molecule has 3 fully saturated rings. The van der Waals surface area contributed by atoms with E-state index in [2.05, 4.69) is 39.8 Å². The van der Waals surface area contributed by atoms with Crippen molar-refractivity contribution in [3.8, 4) is 0 Å². The second-order valence-electron chi connectivity index (χ2n) is 13.4. The number of alkyl halides is 2. The molecule has 2 heterocycles. The maximum Gasteiger partial charge on any atom is 0.411 e. The molecule has 10 heteroatoms. The van der Waals surface area contributed by atoms with E-state index in [9.17, 15) is 18.4 Å². The summed E-state index contributed by atoms with van der Waals surface area (Å²) in [5.74, 6) is -3.19. The van der Waals surface area contributed by atoms with Crippen LogP contribution in [0.5, 0.6) is 0 Å². The molecule has 0 radical (unpaired) electrons. The molecule has 2 N–H and O–H groups in total. The van der Waals surface area contributed by atoms with Crippen molar-refractivity contribution in [2.45, 2.75) is 121 Å². The number of hydrogen-bond donors (Lipinski definition) is 2. The molecule has 0 spiro atoms. The van der Waals surface area contributed by atoms with Crippen molar-refractivity contribution in [3.63, 3.8) is 0 Å². The summed E-state index contributed by atoms with van der Waals surface area (Å²) in [5, 5.41) is 6.48. The number of rotatable bonds is 9. The van der Waals surface area contributed by atoms with Gasteiger partial charge in [0.15, 0.2) is 0 Å². The smallest absolute Gasteiger partial charge is 0.411 e. The van der Waals surface area contributed by atoms with Crippen LogP contribution in [0.1, 0.15) is 90.5 Å². The number of hydrogen-bond acceptors (Lipinski definition) is 5. The molecule has 1 saturated carbocycles. The molecule has 4 rings (SSSR count). The Morgan fingerprint density at radius 2 is 1.74 bits per heavy atom. The Hall–Kier alpha value is -2.33. The number of carbonyl (C=O) groups is 2. The van der Waals surface area contributed by atoms with Crippen LogP contribution in [0.2, 0.25) is 0 Å². The number of nitrogens with zero attached hydrogens (tertiary/aromatic N) is 2. The van der Waals surface area contributed by atoms with Crippen LogP contribution in [0, 0.1) is 5.92 Å².